The van der Waals surface area contributed by atoms with Crippen LogP contribution in [0.5, 0.6) is 0 Å². The Hall–Kier alpha value is -0.650. The van der Waals surface area contributed by atoms with Crippen LogP contribution >= 0.6 is 0 Å². The van der Waals surface area contributed by atoms with Gasteiger partial charge in [0.15, 0.2) is 6.29 Å². The van der Waals surface area contributed by atoms with E-state index in [1.165, 1.54) is 0 Å². The summed E-state index contributed by atoms with van der Waals surface area (Å²) >= 11 is 0. The van der Waals surface area contributed by atoms with Gasteiger partial charge < -0.3 is 19.5 Å². The smallest absolute Gasteiger partial charge is 0.249 e. The molecule has 2 fully saturated rings. The second-order valence-corrected chi connectivity index (χ2v) is 4.11. The molecular weight excluding hydrogens is 210 g/mol. The second-order valence-electron chi connectivity index (χ2n) is 4.11. The fourth-order valence-corrected chi connectivity index (χ4v) is 1.91. The van der Waals surface area contributed by atoms with Gasteiger partial charge in [-0.2, -0.15) is 0 Å². The van der Waals surface area contributed by atoms with E-state index >= 15 is 0 Å². The number of rotatable bonds is 4. The van der Waals surface area contributed by atoms with E-state index in [1.807, 2.05) is 0 Å². The van der Waals surface area contributed by atoms with Crippen molar-refractivity contribution in [1.29, 1.82) is 0 Å². The van der Waals surface area contributed by atoms with Gasteiger partial charge in [-0.15, -0.1) is 0 Å². The fraction of sp³-hybridized carbons (Fsp3) is 0.909. The molecule has 2 aliphatic heterocycles. The summed E-state index contributed by atoms with van der Waals surface area (Å²) in [6.07, 6.45) is 3.08. The minimum absolute atomic E-state index is 0.00619. The zero-order valence-corrected chi connectivity index (χ0v) is 9.44. The van der Waals surface area contributed by atoms with Gasteiger partial charge in [-0.3, -0.25) is 4.79 Å². The van der Waals surface area contributed by atoms with Gasteiger partial charge in [0, 0.05) is 19.6 Å². The molecule has 0 spiro atoms. The van der Waals surface area contributed by atoms with Crippen LogP contribution in [0.25, 0.3) is 0 Å². The Bertz CT molecular complexity index is 222. The van der Waals surface area contributed by atoms with E-state index in [0.29, 0.717) is 19.6 Å². The number of nitrogens with one attached hydrogen (secondary N) is 1. The molecule has 92 valence electrons. The summed E-state index contributed by atoms with van der Waals surface area (Å²) in [5.74, 6) is -0.00619. The molecule has 0 aromatic heterocycles. The van der Waals surface area contributed by atoms with E-state index in [1.54, 1.807) is 0 Å². The summed E-state index contributed by atoms with van der Waals surface area (Å²) in [4.78, 5) is 11.6. The highest BCUT2D eigenvalue weighted by molar-refractivity contribution is 5.80. The van der Waals surface area contributed by atoms with Crippen molar-refractivity contribution in [3.63, 3.8) is 0 Å². The minimum atomic E-state index is -0.242. The average Bonchev–Trinajstić information content (AvgIpc) is 2.84. The lowest BCUT2D eigenvalue weighted by atomic mass is 10.2. The Morgan fingerprint density at radius 3 is 2.56 bits per heavy atom. The summed E-state index contributed by atoms with van der Waals surface area (Å²) in [6, 6.07) is 0. The van der Waals surface area contributed by atoms with Crippen LogP contribution in [0.2, 0.25) is 0 Å². The van der Waals surface area contributed by atoms with Gasteiger partial charge in [-0.1, -0.05) is 0 Å². The van der Waals surface area contributed by atoms with E-state index in [2.05, 4.69) is 5.32 Å². The third-order valence-electron chi connectivity index (χ3n) is 2.80. The Morgan fingerprint density at radius 1 is 1.12 bits per heavy atom. The van der Waals surface area contributed by atoms with Crippen LogP contribution in [0.15, 0.2) is 0 Å². The summed E-state index contributed by atoms with van der Waals surface area (Å²) < 4.78 is 16.0. The van der Waals surface area contributed by atoms with E-state index in [-0.39, 0.29) is 18.3 Å². The lowest BCUT2D eigenvalue weighted by Crippen LogP contribution is -2.37. The molecule has 0 aromatic rings. The van der Waals surface area contributed by atoms with Gasteiger partial charge in [0.1, 0.15) is 6.10 Å². The first-order valence-electron chi connectivity index (χ1n) is 5.99. The molecule has 2 rings (SSSR count). The van der Waals surface area contributed by atoms with Crippen molar-refractivity contribution in [2.45, 2.75) is 38.1 Å². The number of carbonyl (C=O) groups excluding carboxylic acids is 1. The molecule has 5 nitrogen and oxygen atoms in total. The lowest BCUT2D eigenvalue weighted by Gasteiger charge is -2.23. The molecule has 5 heteroatoms. The second kappa shape index (κ2) is 6.18. The Labute approximate surface area is 95.4 Å². The standard InChI is InChI=1S/C11H19NO4/c13-11(9-3-1-6-14-9)12-5-4-10-15-7-2-8-16-10/h9-10H,1-8H2,(H,12,13). The van der Waals surface area contributed by atoms with Gasteiger partial charge >= 0.3 is 0 Å². The first-order valence-corrected chi connectivity index (χ1v) is 5.99. The number of hydrogen-bond donors (Lipinski definition) is 1. The van der Waals surface area contributed by atoms with Crippen LogP contribution in [0, 0.1) is 0 Å². The number of hydrogen-bond acceptors (Lipinski definition) is 4. The predicted molar refractivity (Wildman–Crippen MR) is 56.9 cm³/mol. The first-order chi connectivity index (χ1) is 7.86. The van der Waals surface area contributed by atoms with Crippen molar-refractivity contribution in [3.05, 3.63) is 0 Å². The molecule has 0 radical (unpaired) electrons. The maximum absolute atomic E-state index is 11.6. The molecular formula is C11H19NO4. The Morgan fingerprint density at radius 2 is 1.88 bits per heavy atom. The van der Waals surface area contributed by atoms with Gasteiger partial charge in [0.05, 0.1) is 13.2 Å². The monoisotopic (exact) mass is 229 g/mol. The molecule has 0 saturated carbocycles. The maximum Gasteiger partial charge on any atom is 0.249 e. The quantitative estimate of drug-likeness (QED) is 0.759. The van der Waals surface area contributed by atoms with Crippen LogP contribution in [0.1, 0.15) is 25.7 Å². The number of amides is 1. The molecule has 1 N–H and O–H groups in total. The number of carbonyl (C=O) groups is 1. The molecule has 0 aromatic carbocycles. The molecule has 1 unspecified atom stereocenters. The summed E-state index contributed by atoms with van der Waals surface area (Å²) in [6.45, 7) is 2.80. The normalized spacial score (nSPS) is 26.9. The van der Waals surface area contributed by atoms with Gasteiger partial charge in [0.25, 0.3) is 0 Å². The summed E-state index contributed by atoms with van der Waals surface area (Å²) in [5.41, 5.74) is 0. The molecule has 0 aliphatic carbocycles. The van der Waals surface area contributed by atoms with Crippen molar-refractivity contribution in [1.82, 2.24) is 5.32 Å². The molecule has 0 bridgehead atoms. The number of ether oxygens (including phenoxy) is 3. The summed E-state index contributed by atoms with van der Waals surface area (Å²) in [7, 11) is 0. The Balaban J connectivity index is 1.57. The van der Waals surface area contributed by atoms with Gasteiger partial charge in [-0.25, -0.2) is 0 Å². The highest BCUT2D eigenvalue weighted by atomic mass is 16.7. The highest BCUT2D eigenvalue weighted by Crippen LogP contribution is 2.12. The molecule has 16 heavy (non-hydrogen) atoms. The molecule has 2 aliphatic rings. The van der Waals surface area contributed by atoms with Crippen LogP contribution < -0.4 is 5.32 Å². The van der Waals surface area contributed by atoms with E-state index in [9.17, 15) is 4.79 Å². The highest BCUT2D eigenvalue weighted by Gasteiger charge is 2.23. The first kappa shape index (κ1) is 11.8. The third-order valence-corrected chi connectivity index (χ3v) is 2.80. The molecule has 1 atom stereocenters. The fourth-order valence-electron chi connectivity index (χ4n) is 1.91. The van der Waals surface area contributed by atoms with Crippen molar-refractivity contribution < 1.29 is 19.0 Å². The zero-order chi connectivity index (χ0) is 11.2. The van der Waals surface area contributed by atoms with Crippen molar-refractivity contribution in [2.75, 3.05) is 26.4 Å². The van der Waals surface area contributed by atoms with Crippen molar-refractivity contribution in [3.8, 4) is 0 Å². The summed E-state index contributed by atoms with van der Waals surface area (Å²) in [5, 5.41) is 2.85. The van der Waals surface area contributed by atoms with E-state index in [4.69, 9.17) is 14.2 Å². The van der Waals surface area contributed by atoms with E-state index in [0.717, 1.165) is 32.5 Å². The van der Waals surface area contributed by atoms with Crippen molar-refractivity contribution in [2.24, 2.45) is 0 Å². The SMILES string of the molecule is O=C(NCCC1OCCCO1)C1CCCO1. The molecule has 2 saturated heterocycles. The van der Waals surface area contributed by atoms with Gasteiger partial charge in [0.2, 0.25) is 5.91 Å². The van der Waals surface area contributed by atoms with Crippen LogP contribution in [0.3, 0.4) is 0 Å². The molecule has 2 heterocycles. The van der Waals surface area contributed by atoms with Crippen molar-refractivity contribution >= 4 is 5.91 Å². The third kappa shape index (κ3) is 3.43. The average molecular weight is 229 g/mol. The topological polar surface area (TPSA) is 56.8 Å². The lowest BCUT2D eigenvalue weighted by molar-refractivity contribution is -0.180. The van der Waals surface area contributed by atoms with E-state index < -0.39 is 0 Å². The minimum Gasteiger partial charge on any atom is -0.368 e. The van der Waals surface area contributed by atoms with Crippen LogP contribution in [0.4, 0.5) is 0 Å². The predicted octanol–water partition coefficient (Wildman–Crippen LogP) is 0.435. The molecule has 1 amide bonds. The Kier molecular flexibility index (Phi) is 4.56. The largest absolute Gasteiger partial charge is 0.368 e. The zero-order valence-electron chi connectivity index (χ0n) is 9.44. The van der Waals surface area contributed by atoms with Gasteiger partial charge in [-0.05, 0) is 19.3 Å². The van der Waals surface area contributed by atoms with Crippen LogP contribution in [-0.2, 0) is 19.0 Å². The van der Waals surface area contributed by atoms with Crippen LogP contribution in [-0.4, -0.2) is 44.7 Å². The maximum atomic E-state index is 11.6.